The highest BCUT2D eigenvalue weighted by Crippen LogP contribution is 2.14. The predicted molar refractivity (Wildman–Crippen MR) is 62.3 cm³/mol. The van der Waals surface area contributed by atoms with Crippen LogP contribution in [0.2, 0.25) is 0 Å². The number of anilines is 1. The fourth-order valence-corrected chi connectivity index (χ4v) is 1.90. The molecule has 2 rings (SSSR count). The molecule has 0 radical (unpaired) electrons. The van der Waals surface area contributed by atoms with Crippen LogP contribution in [0.1, 0.15) is 0 Å². The molecule has 4 heteroatoms. The molecular formula is C10H15N3S. The quantitative estimate of drug-likeness (QED) is 0.713. The lowest BCUT2D eigenvalue weighted by Crippen LogP contribution is -2.49. The van der Waals surface area contributed by atoms with E-state index in [-0.39, 0.29) is 0 Å². The number of piperazine rings is 1. The van der Waals surface area contributed by atoms with Gasteiger partial charge in [0.1, 0.15) is 0 Å². The molecule has 0 aromatic heterocycles. The van der Waals surface area contributed by atoms with Crippen molar-refractivity contribution in [1.29, 1.82) is 0 Å². The van der Waals surface area contributed by atoms with Crippen LogP contribution in [-0.2, 0) is 0 Å². The number of hydrogen-bond donors (Lipinski definition) is 2. The van der Waals surface area contributed by atoms with Crippen LogP contribution >= 0.6 is 12.8 Å². The number of rotatable bonds is 2. The van der Waals surface area contributed by atoms with Crippen LogP contribution in [0, 0.1) is 0 Å². The van der Waals surface area contributed by atoms with Gasteiger partial charge in [-0.15, -0.1) is 0 Å². The summed E-state index contributed by atoms with van der Waals surface area (Å²) in [7, 11) is 0. The van der Waals surface area contributed by atoms with E-state index in [9.17, 15) is 0 Å². The minimum absolute atomic E-state index is 1.01. The molecule has 0 amide bonds. The maximum atomic E-state index is 4.04. The van der Waals surface area contributed by atoms with Crippen molar-refractivity contribution in [2.24, 2.45) is 0 Å². The van der Waals surface area contributed by atoms with Gasteiger partial charge in [-0.3, -0.25) is 0 Å². The smallest absolute Gasteiger partial charge is 0.0367 e. The van der Waals surface area contributed by atoms with Crippen molar-refractivity contribution in [2.75, 3.05) is 31.1 Å². The Labute approximate surface area is 90.2 Å². The summed E-state index contributed by atoms with van der Waals surface area (Å²) in [4.78, 5) is 5.27. The van der Waals surface area contributed by atoms with Gasteiger partial charge >= 0.3 is 0 Å². The van der Waals surface area contributed by atoms with E-state index in [2.05, 4.69) is 57.9 Å². The minimum Gasteiger partial charge on any atom is -0.369 e. The van der Waals surface area contributed by atoms with E-state index in [4.69, 9.17) is 0 Å². The van der Waals surface area contributed by atoms with E-state index >= 15 is 0 Å². The van der Waals surface area contributed by atoms with Crippen LogP contribution in [-0.4, -0.2) is 31.2 Å². The van der Waals surface area contributed by atoms with Crippen LogP contribution in [0.15, 0.2) is 30.3 Å². The Hall–Kier alpha value is -0.710. The molecular weight excluding hydrogens is 194 g/mol. The monoisotopic (exact) mass is 209 g/mol. The average molecular weight is 209 g/mol. The van der Waals surface area contributed by atoms with Gasteiger partial charge in [0, 0.05) is 31.9 Å². The maximum Gasteiger partial charge on any atom is 0.0367 e. The summed E-state index contributed by atoms with van der Waals surface area (Å²) in [5.74, 6) is 0. The molecule has 1 aromatic rings. The SMILES string of the molecule is SNN1CCN(c2ccccc2)CC1. The number of hydrogen-bond acceptors (Lipinski definition) is 4. The van der Waals surface area contributed by atoms with Gasteiger partial charge < -0.3 is 4.90 Å². The lowest BCUT2D eigenvalue weighted by Gasteiger charge is -2.35. The lowest BCUT2D eigenvalue weighted by molar-refractivity contribution is 0.237. The van der Waals surface area contributed by atoms with E-state index in [0.717, 1.165) is 26.2 Å². The standard InChI is InChI=1S/C10H15N3S/c14-11-13-8-6-12(7-9-13)10-4-2-1-3-5-10/h1-5,11,14H,6-9H2. The molecule has 1 aliphatic heterocycles. The molecule has 0 saturated carbocycles. The Bertz CT molecular complexity index is 270. The van der Waals surface area contributed by atoms with E-state index in [0.29, 0.717) is 0 Å². The van der Waals surface area contributed by atoms with Crippen molar-refractivity contribution < 1.29 is 0 Å². The molecule has 1 fully saturated rings. The van der Waals surface area contributed by atoms with Crippen LogP contribution in [0.25, 0.3) is 0 Å². The number of hydrazine groups is 1. The number of nitrogens with one attached hydrogen (secondary N) is 1. The van der Waals surface area contributed by atoms with E-state index in [1.165, 1.54) is 5.69 Å². The number of nitrogens with zero attached hydrogens (tertiary/aromatic N) is 2. The Morgan fingerprint density at radius 1 is 1.00 bits per heavy atom. The second kappa shape index (κ2) is 4.68. The van der Waals surface area contributed by atoms with E-state index in [1.54, 1.807) is 0 Å². The van der Waals surface area contributed by atoms with Crippen molar-refractivity contribution in [2.45, 2.75) is 0 Å². The Kier molecular flexibility index (Phi) is 3.29. The Balaban J connectivity index is 1.96. The van der Waals surface area contributed by atoms with E-state index < -0.39 is 0 Å². The molecule has 0 aliphatic carbocycles. The Morgan fingerprint density at radius 3 is 2.21 bits per heavy atom. The van der Waals surface area contributed by atoms with Crippen LogP contribution in [0.4, 0.5) is 5.69 Å². The first kappa shape index (κ1) is 9.83. The predicted octanol–water partition coefficient (Wildman–Crippen LogP) is 1.16. The van der Waals surface area contributed by atoms with Gasteiger partial charge in [0.15, 0.2) is 0 Å². The molecule has 3 nitrogen and oxygen atoms in total. The zero-order chi connectivity index (χ0) is 9.80. The molecule has 1 aromatic carbocycles. The third kappa shape index (κ3) is 2.20. The molecule has 0 spiro atoms. The zero-order valence-corrected chi connectivity index (χ0v) is 8.95. The molecule has 1 heterocycles. The van der Waals surface area contributed by atoms with Gasteiger partial charge in [-0.25, -0.2) is 9.84 Å². The molecule has 0 unspecified atom stereocenters. The third-order valence-corrected chi connectivity index (χ3v) is 2.83. The van der Waals surface area contributed by atoms with Crippen molar-refractivity contribution >= 4 is 18.5 Å². The largest absolute Gasteiger partial charge is 0.369 e. The first-order valence-corrected chi connectivity index (χ1v) is 5.29. The second-order valence-electron chi connectivity index (χ2n) is 3.41. The highest BCUT2D eigenvalue weighted by atomic mass is 32.1. The lowest BCUT2D eigenvalue weighted by atomic mass is 10.2. The van der Waals surface area contributed by atoms with Gasteiger partial charge in [0.05, 0.1) is 0 Å². The fraction of sp³-hybridized carbons (Fsp3) is 0.400. The first-order valence-electron chi connectivity index (χ1n) is 4.85. The van der Waals surface area contributed by atoms with Crippen LogP contribution in [0.5, 0.6) is 0 Å². The van der Waals surface area contributed by atoms with Gasteiger partial charge in [-0.1, -0.05) is 31.0 Å². The maximum absolute atomic E-state index is 4.04. The summed E-state index contributed by atoms with van der Waals surface area (Å²) in [6, 6.07) is 10.5. The average Bonchev–Trinajstić information content (AvgIpc) is 2.30. The molecule has 76 valence electrons. The summed E-state index contributed by atoms with van der Waals surface area (Å²) in [5, 5.41) is 2.11. The molecule has 1 N–H and O–H groups in total. The molecule has 0 atom stereocenters. The number of thiol groups is 1. The summed E-state index contributed by atoms with van der Waals surface area (Å²) >= 11 is 4.04. The second-order valence-corrected chi connectivity index (χ2v) is 3.61. The summed E-state index contributed by atoms with van der Waals surface area (Å²) in [6.07, 6.45) is 0. The Morgan fingerprint density at radius 2 is 1.64 bits per heavy atom. The third-order valence-electron chi connectivity index (χ3n) is 2.54. The molecule has 14 heavy (non-hydrogen) atoms. The van der Waals surface area contributed by atoms with Crippen LogP contribution < -0.4 is 9.73 Å². The number of para-hydroxylation sites is 1. The zero-order valence-electron chi connectivity index (χ0n) is 8.06. The molecule has 0 bridgehead atoms. The summed E-state index contributed by atoms with van der Waals surface area (Å²) in [6.45, 7) is 4.13. The van der Waals surface area contributed by atoms with Crippen molar-refractivity contribution in [3.05, 3.63) is 30.3 Å². The van der Waals surface area contributed by atoms with Gasteiger partial charge in [-0.05, 0) is 12.1 Å². The first-order chi connectivity index (χ1) is 6.90. The van der Waals surface area contributed by atoms with Gasteiger partial charge in [0.25, 0.3) is 0 Å². The van der Waals surface area contributed by atoms with Gasteiger partial charge in [0.2, 0.25) is 0 Å². The van der Waals surface area contributed by atoms with Crippen molar-refractivity contribution in [3.63, 3.8) is 0 Å². The molecule has 1 aliphatic rings. The topological polar surface area (TPSA) is 18.5 Å². The summed E-state index contributed by atoms with van der Waals surface area (Å²) < 4.78 is 0. The highest BCUT2D eigenvalue weighted by Gasteiger charge is 2.15. The fourth-order valence-electron chi connectivity index (χ4n) is 1.70. The normalized spacial score (nSPS) is 18.5. The van der Waals surface area contributed by atoms with Gasteiger partial charge in [-0.2, -0.15) is 0 Å². The van der Waals surface area contributed by atoms with Crippen molar-refractivity contribution in [3.8, 4) is 0 Å². The minimum atomic E-state index is 1.01. The van der Waals surface area contributed by atoms with Crippen molar-refractivity contribution in [1.82, 2.24) is 9.84 Å². The summed E-state index contributed by atoms with van der Waals surface area (Å²) in [5.41, 5.74) is 1.31. The van der Waals surface area contributed by atoms with Crippen LogP contribution in [0.3, 0.4) is 0 Å². The number of benzene rings is 1. The van der Waals surface area contributed by atoms with E-state index in [1.807, 2.05) is 0 Å². The molecule has 1 saturated heterocycles. The highest BCUT2D eigenvalue weighted by molar-refractivity contribution is 7.78.